The van der Waals surface area contributed by atoms with Crippen molar-refractivity contribution in [1.29, 1.82) is 0 Å². The maximum absolute atomic E-state index is 11.6. The van der Waals surface area contributed by atoms with Gasteiger partial charge in [-0.25, -0.2) is 0 Å². The standard InChI is InChI=1S/C15H31N3O/c1-11(2)17-15(4,14(16)19)9-6-10-18(5)12(3)13-7-8-13/h11-13,17H,6-10H2,1-5H3,(H2,16,19). The number of nitrogens with one attached hydrogen (secondary N) is 1. The summed E-state index contributed by atoms with van der Waals surface area (Å²) in [7, 11) is 2.18. The quantitative estimate of drug-likeness (QED) is 0.670. The average Bonchev–Trinajstić information content (AvgIpc) is 3.10. The Morgan fingerprint density at radius 2 is 2.00 bits per heavy atom. The first-order valence-electron chi connectivity index (χ1n) is 7.54. The molecule has 1 amide bonds. The number of carbonyl (C=O) groups excluding carboxylic acids is 1. The number of nitrogens with zero attached hydrogens (tertiary/aromatic N) is 1. The fourth-order valence-corrected chi connectivity index (χ4v) is 2.73. The van der Waals surface area contributed by atoms with Gasteiger partial charge in [-0.15, -0.1) is 0 Å². The molecule has 0 aromatic rings. The Hall–Kier alpha value is -0.610. The molecule has 0 bridgehead atoms. The molecule has 0 aromatic heterocycles. The fourth-order valence-electron chi connectivity index (χ4n) is 2.73. The van der Waals surface area contributed by atoms with Crippen molar-refractivity contribution in [3.05, 3.63) is 0 Å². The first kappa shape index (κ1) is 16.4. The Bertz CT molecular complexity index is 302. The average molecular weight is 269 g/mol. The molecule has 0 aromatic carbocycles. The number of carbonyl (C=O) groups is 1. The molecule has 0 spiro atoms. The summed E-state index contributed by atoms with van der Waals surface area (Å²) in [5, 5.41) is 3.30. The van der Waals surface area contributed by atoms with E-state index in [9.17, 15) is 4.79 Å². The zero-order valence-corrected chi connectivity index (χ0v) is 13.2. The van der Waals surface area contributed by atoms with Crippen LogP contribution in [0.15, 0.2) is 0 Å². The van der Waals surface area contributed by atoms with Crippen molar-refractivity contribution in [1.82, 2.24) is 10.2 Å². The van der Waals surface area contributed by atoms with E-state index in [0.29, 0.717) is 6.04 Å². The van der Waals surface area contributed by atoms with E-state index in [0.717, 1.165) is 25.3 Å². The monoisotopic (exact) mass is 269 g/mol. The summed E-state index contributed by atoms with van der Waals surface area (Å²) in [5.41, 5.74) is 4.95. The molecule has 1 aliphatic rings. The van der Waals surface area contributed by atoms with E-state index in [2.05, 4.69) is 24.2 Å². The van der Waals surface area contributed by atoms with E-state index in [-0.39, 0.29) is 11.9 Å². The minimum atomic E-state index is -0.585. The molecule has 19 heavy (non-hydrogen) atoms. The fraction of sp³-hybridized carbons (Fsp3) is 0.933. The molecular formula is C15H31N3O. The first-order chi connectivity index (χ1) is 8.76. The highest BCUT2D eigenvalue weighted by Crippen LogP contribution is 2.34. The molecule has 0 radical (unpaired) electrons. The number of amides is 1. The van der Waals surface area contributed by atoms with Gasteiger partial charge in [-0.2, -0.15) is 0 Å². The van der Waals surface area contributed by atoms with Crippen molar-refractivity contribution < 1.29 is 4.79 Å². The number of nitrogens with two attached hydrogens (primary N) is 1. The van der Waals surface area contributed by atoms with Gasteiger partial charge in [-0.3, -0.25) is 4.79 Å². The van der Waals surface area contributed by atoms with E-state index in [1.807, 2.05) is 20.8 Å². The van der Waals surface area contributed by atoms with Gasteiger partial charge in [0.1, 0.15) is 0 Å². The number of primary amides is 1. The van der Waals surface area contributed by atoms with Crippen LogP contribution in [0.25, 0.3) is 0 Å². The highest BCUT2D eigenvalue weighted by molar-refractivity contribution is 5.84. The van der Waals surface area contributed by atoms with E-state index >= 15 is 0 Å². The molecule has 1 aliphatic carbocycles. The summed E-state index contributed by atoms with van der Waals surface area (Å²) in [6, 6.07) is 0.929. The van der Waals surface area contributed by atoms with Crippen molar-refractivity contribution in [3.63, 3.8) is 0 Å². The molecule has 0 saturated heterocycles. The van der Waals surface area contributed by atoms with Gasteiger partial charge < -0.3 is 16.0 Å². The third kappa shape index (κ3) is 5.11. The van der Waals surface area contributed by atoms with Crippen LogP contribution in [0.2, 0.25) is 0 Å². The second kappa shape index (κ2) is 6.71. The van der Waals surface area contributed by atoms with Crippen LogP contribution in [0.5, 0.6) is 0 Å². The van der Waals surface area contributed by atoms with Crippen molar-refractivity contribution in [2.75, 3.05) is 13.6 Å². The van der Waals surface area contributed by atoms with Crippen LogP contribution in [0.4, 0.5) is 0 Å². The van der Waals surface area contributed by atoms with Crippen LogP contribution in [-0.4, -0.2) is 42.0 Å². The molecule has 4 nitrogen and oxygen atoms in total. The highest BCUT2D eigenvalue weighted by Gasteiger charge is 2.32. The smallest absolute Gasteiger partial charge is 0.237 e. The van der Waals surface area contributed by atoms with Crippen LogP contribution in [-0.2, 0) is 4.79 Å². The molecule has 2 unspecified atom stereocenters. The third-order valence-corrected chi connectivity index (χ3v) is 4.34. The van der Waals surface area contributed by atoms with Gasteiger partial charge in [-0.05, 0) is 72.9 Å². The van der Waals surface area contributed by atoms with Crippen molar-refractivity contribution >= 4 is 5.91 Å². The molecule has 4 heteroatoms. The lowest BCUT2D eigenvalue weighted by atomic mass is 9.93. The second-order valence-electron chi connectivity index (χ2n) is 6.66. The summed E-state index contributed by atoms with van der Waals surface area (Å²) in [4.78, 5) is 14.0. The normalized spacial score (nSPS) is 20.6. The molecule has 1 saturated carbocycles. The van der Waals surface area contributed by atoms with Gasteiger partial charge in [0.2, 0.25) is 5.91 Å². The lowest BCUT2D eigenvalue weighted by Gasteiger charge is -2.31. The predicted octanol–water partition coefficient (Wildman–Crippen LogP) is 1.74. The minimum Gasteiger partial charge on any atom is -0.368 e. The van der Waals surface area contributed by atoms with Crippen LogP contribution in [0.1, 0.15) is 53.4 Å². The zero-order valence-electron chi connectivity index (χ0n) is 13.2. The van der Waals surface area contributed by atoms with E-state index in [1.54, 1.807) is 0 Å². The van der Waals surface area contributed by atoms with Gasteiger partial charge >= 0.3 is 0 Å². The summed E-state index contributed by atoms with van der Waals surface area (Å²) < 4.78 is 0. The highest BCUT2D eigenvalue weighted by atomic mass is 16.1. The number of rotatable bonds is 9. The summed E-state index contributed by atoms with van der Waals surface area (Å²) in [5.74, 6) is 0.639. The van der Waals surface area contributed by atoms with Gasteiger partial charge in [0.25, 0.3) is 0 Å². The van der Waals surface area contributed by atoms with Crippen LogP contribution in [0, 0.1) is 5.92 Å². The number of hydrogen-bond donors (Lipinski definition) is 2. The Kier molecular flexibility index (Phi) is 5.81. The Morgan fingerprint density at radius 1 is 1.42 bits per heavy atom. The lowest BCUT2D eigenvalue weighted by Crippen LogP contribution is -2.55. The first-order valence-corrected chi connectivity index (χ1v) is 7.54. The van der Waals surface area contributed by atoms with Gasteiger partial charge in [0, 0.05) is 12.1 Å². The number of hydrogen-bond acceptors (Lipinski definition) is 3. The third-order valence-electron chi connectivity index (χ3n) is 4.34. The van der Waals surface area contributed by atoms with E-state index in [1.165, 1.54) is 12.8 Å². The molecular weight excluding hydrogens is 238 g/mol. The van der Waals surface area contributed by atoms with Crippen LogP contribution >= 0.6 is 0 Å². The second-order valence-corrected chi connectivity index (χ2v) is 6.66. The molecule has 0 aliphatic heterocycles. The van der Waals surface area contributed by atoms with Gasteiger partial charge in [0.05, 0.1) is 5.54 Å². The molecule has 112 valence electrons. The topological polar surface area (TPSA) is 58.4 Å². The molecule has 3 N–H and O–H groups in total. The maximum Gasteiger partial charge on any atom is 0.237 e. The van der Waals surface area contributed by atoms with Crippen molar-refractivity contribution in [3.8, 4) is 0 Å². The Balaban J connectivity index is 2.37. The van der Waals surface area contributed by atoms with Crippen LogP contribution < -0.4 is 11.1 Å². The van der Waals surface area contributed by atoms with Gasteiger partial charge in [0.15, 0.2) is 0 Å². The Morgan fingerprint density at radius 3 is 2.42 bits per heavy atom. The van der Waals surface area contributed by atoms with E-state index in [4.69, 9.17) is 5.73 Å². The molecule has 2 atom stereocenters. The SMILES string of the molecule is CC(C)NC(C)(CCCN(C)C(C)C1CC1)C(N)=O. The van der Waals surface area contributed by atoms with Gasteiger partial charge in [-0.1, -0.05) is 0 Å². The summed E-state index contributed by atoms with van der Waals surface area (Å²) in [6.07, 6.45) is 4.54. The molecule has 1 fully saturated rings. The summed E-state index contributed by atoms with van der Waals surface area (Å²) >= 11 is 0. The largest absolute Gasteiger partial charge is 0.368 e. The lowest BCUT2D eigenvalue weighted by molar-refractivity contribution is -0.124. The van der Waals surface area contributed by atoms with Crippen molar-refractivity contribution in [2.24, 2.45) is 11.7 Å². The molecule has 0 heterocycles. The molecule has 1 rings (SSSR count). The Labute approximate surface area is 118 Å². The van der Waals surface area contributed by atoms with Crippen LogP contribution in [0.3, 0.4) is 0 Å². The zero-order chi connectivity index (χ0) is 14.6. The minimum absolute atomic E-state index is 0.251. The van der Waals surface area contributed by atoms with E-state index < -0.39 is 5.54 Å². The maximum atomic E-state index is 11.6. The predicted molar refractivity (Wildman–Crippen MR) is 79.9 cm³/mol. The summed E-state index contributed by atoms with van der Waals surface area (Å²) in [6.45, 7) is 9.34. The van der Waals surface area contributed by atoms with Crippen molar-refractivity contribution in [2.45, 2.75) is 71.0 Å².